The average Bonchev–Trinajstić information content (AvgIpc) is 2.81. The molecule has 8 nitrogen and oxygen atoms in total. The van der Waals surface area contributed by atoms with Gasteiger partial charge in [-0.3, -0.25) is 4.79 Å². The number of hydrogen-bond acceptors (Lipinski definition) is 8. The van der Waals surface area contributed by atoms with Crippen LogP contribution in [0.3, 0.4) is 0 Å². The lowest BCUT2D eigenvalue weighted by molar-refractivity contribution is -0.301. The van der Waals surface area contributed by atoms with Gasteiger partial charge in [0.15, 0.2) is 12.4 Å². The standard InChI is InChI=1S/C25H30O8/c1-17(26)12-13-21(27)33-24-23(31-15-19-10-6-3-7-11-19)22(28)20(32-25(24)29)16-30-14-18-8-4-2-5-9-18/h2-11,20,22-25,28-29H,12-16H2,1H3/t20-,22-,23+,24+,25+/m1/s1. The largest absolute Gasteiger partial charge is 0.454 e. The molecule has 1 saturated heterocycles. The van der Waals surface area contributed by atoms with Gasteiger partial charge in [-0.05, 0) is 18.1 Å². The van der Waals surface area contributed by atoms with Crippen molar-refractivity contribution in [2.45, 2.75) is 63.7 Å². The van der Waals surface area contributed by atoms with Gasteiger partial charge < -0.3 is 34.0 Å². The zero-order valence-electron chi connectivity index (χ0n) is 18.5. The molecule has 0 radical (unpaired) electrons. The molecule has 2 N–H and O–H groups in total. The van der Waals surface area contributed by atoms with Gasteiger partial charge in [0.1, 0.15) is 24.1 Å². The molecule has 1 aliphatic heterocycles. The molecule has 5 atom stereocenters. The number of hydrogen-bond donors (Lipinski definition) is 2. The van der Waals surface area contributed by atoms with E-state index in [1.807, 2.05) is 60.7 Å². The summed E-state index contributed by atoms with van der Waals surface area (Å²) in [5.41, 5.74) is 1.81. The quantitative estimate of drug-likeness (QED) is 0.493. The van der Waals surface area contributed by atoms with Crippen LogP contribution in [-0.2, 0) is 41.8 Å². The summed E-state index contributed by atoms with van der Waals surface area (Å²) >= 11 is 0. The predicted octanol–water partition coefficient (Wildman–Crippen LogP) is 2.15. The molecule has 0 aromatic heterocycles. The summed E-state index contributed by atoms with van der Waals surface area (Å²) < 4.78 is 22.4. The van der Waals surface area contributed by atoms with E-state index in [4.69, 9.17) is 18.9 Å². The van der Waals surface area contributed by atoms with Crippen molar-refractivity contribution < 1.29 is 38.7 Å². The molecule has 178 valence electrons. The molecule has 0 aliphatic carbocycles. The maximum absolute atomic E-state index is 12.2. The van der Waals surface area contributed by atoms with Crippen LogP contribution in [0, 0.1) is 0 Å². The minimum absolute atomic E-state index is 0.00329. The smallest absolute Gasteiger partial charge is 0.306 e. The lowest BCUT2D eigenvalue weighted by Gasteiger charge is -2.42. The summed E-state index contributed by atoms with van der Waals surface area (Å²) in [7, 11) is 0. The van der Waals surface area contributed by atoms with Crippen molar-refractivity contribution in [1.82, 2.24) is 0 Å². The van der Waals surface area contributed by atoms with E-state index in [1.54, 1.807) is 0 Å². The molecule has 33 heavy (non-hydrogen) atoms. The van der Waals surface area contributed by atoms with Gasteiger partial charge in [-0.1, -0.05) is 60.7 Å². The first-order chi connectivity index (χ1) is 15.9. The number of carbonyl (C=O) groups excluding carboxylic acids is 2. The fourth-order valence-corrected chi connectivity index (χ4v) is 3.48. The monoisotopic (exact) mass is 458 g/mol. The number of aliphatic hydroxyl groups excluding tert-OH is 2. The minimum Gasteiger partial charge on any atom is -0.454 e. The third-order valence-electron chi connectivity index (χ3n) is 5.26. The van der Waals surface area contributed by atoms with Gasteiger partial charge in [0, 0.05) is 6.42 Å². The van der Waals surface area contributed by atoms with Crippen LogP contribution < -0.4 is 0 Å². The van der Waals surface area contributed by atoms with Crippen LogP contribution in [0.2, 0.25) is 0 Å². The highest BCUT2D eigenvalue weighted by Crippen LogP contribution is 2.27. The second-order valence-electron chi connectivity index (χ2n) is 7.97. The Hall–Kier alpha value is -2.62. The van der Waals surface area contributed by atoms with Gasteiger partial charge in [-0.15, -0.1) is 0 Å². The topological polar surface area (TPSA) is 112 Å². The summed E-state index contributed by atoms with van der Waals surface area (Å²) in [6.07, 6.45) is -6.06. The SMILES string of the molecule is CC(=O)CCC(=O)O[C@H]1[C@@H](OCc2ccccc2)[C@H](O)[C@@H](COCc2ccccc2)O[C@@H]1O. The Morgan fingerprint density at radius 1 is 0.879 bits per heavy atom. The number of ether oxygens (including phenoxy) is 4. The van der Waals surface area contributed by atoms with Crippen molar-refractivity contribution in [1.29, 1.82) is 0 Å². The number of aliphatic hydroxyl groups is 2. The Labute approximate surface area is 193 Å². The summed E-state index contributed by atoms with van der Waals surface area (Å²) in [6.45, 7) is 1.82. The number of esters is 1. The summed E-state index contributed by atoms with van der Waals surface area (Å²) in [5.74, 6) is -0.836. The molecule has 1 heterocycles. The highest BCUT2D eigenvalue weighted by molar-refractivity contribution is 5.81. The summed E-state index contributed by atoms with van der Waals surface area (Å²) in [6, 6.07) is 18.8. The van der Waals surface area contributed by atoms with Crippen LogP contribution in [-0.4, -0.2) is 59.3 Å². The molecule has 1 fully saturated rings. The summed E-state index contributed by atoms with van der Waals surface area (Å²) in [4.78, 5) is 23.4. The maximum atomic E-state index is 12.2. The van der Waals surface area contributed by atoms with Crippen molar-refractivity contribution in [2.75, 3.05) is 6.61 Å². The number of carbonyl (C=O) groups is 2. The van der Waals surface area contributed by atoms with E-state index in [2.05, 4.69) is 0 Å². The number of rotatable bonds is 11. The highest BCUT2D eigenvalue weighted by Gasteiger charge is 2.47. The fourth-order valence-electron chi connectivity index (χ4n) is 3.48. The molecule has 2 aromatic carbocycles. The molecular weight excluding hydrogens is 428 g/mol. The summed E-state index contributed by atoms with van der Waals surface area (Å²) in [5, 5.41) is 21.5. The van der Waals surface area contributed by atoms with E-state index in [1.165, 1.54) is 6.92 Å². The second-order valence-corrected chi connectivity index (χ2v) is 7.97. The molecule has 0 unspecified atom stereocenters. The molecule has 0 saturated carbocycles. The van der Waals surface area contributed by atoms with Gasteiger partial charge in [0.05, 0.1) is 26.2 Å². The Morgan fingerprint density at radius 3 is 2.09 bits per heavy atom. The number of benzene rings is 2. The van der Waals surface area contributed by atoms with Crippen LogP contribution in [0.4, 0.5) is 0 Å². The van der Waals surface area contributed by atoms with Crippen LogP contribution in [0.5, 0.6) is 0 Å². The fraction of sp³-hybridized carbons (Fsp3) is 0.440. The van der Waals surface area contributed by atoms with E-state index in [0.29, 0.717) is 6.61 Å². The first kappa shape index (κ1) is 25.0. The molecule has 3 rings (SSSR count). The van der Waals surface area contributed by atoms with E-state index in [0.717, 1.165) is 11.1 Å². The molecule has 8 heteroatoms. The molecule has 0 amide bonds. The lowest BCUT2D eigenvalue weighted by atomic mass is 9.98. The molecule has 0 spiro atoms. The molecule has 1 aliphatic rings. The third-order valence-corrected chi connectivity index (χ3v) is 5.26. The van der Waals surface area contributed by atoms with Gasteiger partial charge in [0.2, 0.25) is 0 Å². The third kappa shape index (κ3) is 7.73. The van der Waals surface area contributed by atoms with Crippen LogP contribution in [0.25, 0.3) is 0 Å². The molecule has 2 aromatic rings. The maximum Gasteiger partial charge on any atom is 0.306 e. The van der Waals surface area contributed by atoms with Crippen LogP contribution in [0.1, 0.15) is 30.9 Å². The Bertz CT molecular complexity index is 872. The Morgan fingerprint density at radius 2 is 1.48 bits per heavy atom. The predicted molar refractivity (Wildman–Crippen MR) is 118 cm³/mol. The first-order valence-electron chi connectivity index (χ1n) is 10.9. The van der Waals surface area contributed by atoms with Gasteiger partial charge in [0.25, 0.3) is 0 Å². The van der Waals surface area contributed by atoms with Crippen molar-refractivity contribution in [3.05, 3.63) is 71.8 Å². The van der Waals surface area contributed by atoms with Crippen molar-refractivity contribution >= 4 is 11.8 Å². The van der Waals surface area contributed by atoms with Gasteiger partial charge in [-0.2, -0.15) is 0 Å². The number of ketones is 1. The first-order valence-corrected chi connectivity index (χ1v) is 10.9. The number of Topliss-reactive ketones (excluding diaryl/α,β-unsaturated/α-hetero) is 1. The zero-order chi connectivity index (χ0) is 23.6. The van der Waals surface area contributed by atoms with E-state index < -0.39 is 36.7 Å². The van der Waals surface area contributed by atoms with Crippen LogP contribution in [0.15, 0.2) is 60.7 Å². The lowest BCUT2D eigenvalue weighted by Crippen LogP contribution is -2.60. The van der Waals surface area contributed by atoms with Gasteiger partial charge in [-0.25, -0.2) is 0 Å². The minimum atomic E-state index is -1.53. The second kappa shape index (κ2) is 12.6. The molecule has 0 bridgehead atoms. The Kier molecular flexibility index (Phi) is 9.53. The zero-order valence-corrected chi connectivity index (χ0v) is 18.5. The average molecular weight is 459 g/mol. The van der Waals surface area contributed by atoms with Crippen molar-refractivity contribution in [3.63, 3.8) is 0 Å². The molecular formula is C25H30O8. The Balaban J connectivity index is 1.65. The van der Waals surface area contributed by atoms with E-state index in [9.17, 15) is 19.8 Å². The normalized spacial score (nSPS) is 24.9. The van der Waals surface area contributed by atoms with Crippen LogP contribution >= 0.6 is 0 Å². The highest BCUT2D eigenvalue weighted by atomic mass is 16.7. The van der Waals surface area contributed by atoms with Crippen molar-refractivity contribution in [2.24, 2.45) is 0 Å². The van der Waals surface area contributed by atoms with Gasteiger partial charge >= 0.3 is 5.97 Å². The van der Waals surface area contributed by atoms with E-state index in [-0.39, 0.29) is 31.8 Å². The van der Waals surface area contributed by atoms with E-state index >= 15 is 0 Å². The van der Waals surface area contributed by atoms with Crippen molar-refractivity contribution in [3.8, 4) is 0 Å².